The van der Waals surface area contributed by atoms with Crippen molar-refractivity contribution in [2.24, 2.45) is 5.92 Å². The standard InChI is InChI=1S/C16H21N3O2/c20-15(21)6-3-12-2-1-9-19(10-12)11-14-5-4-13-7-8-17-16(13)18-14/h4-5,7-8,12H,1-3,6,9-11H2,(H,17,18)(H,20,21)/t12-/m0/s1. The van der Waals surface area contributed by atoms with Crippen molar-refractivity contribution in [3.8, 4) is 0 Å². The van der Waals surface area contributed by atoms with Gasteiger partial charge in [-0.15, -0.1) is 0 Å². The van der Waals surface area contributed by atoms with Crippen LogP contribution in [0.4, 0.5) is 0 Å². The van der Waals surface area contributed by atoms with Gasteiger partial charge in [0.1, 0.15) is 5.65 Å². The van der Waals surface area contributed by atoms with Crippen LogP contribution in [0.5, 0.6) is 0 Å². The van der Waals surface area contributed by atoms with Gasteiger partial charge < -0.3 is 10.1 Å². The number of nitrogens with one attached hydrogen (secondary N) is 1. The number of piperidine rings is 1. The fourth-order valence-electron chi connectivity index (χ4n) is 3.15. The molecule has 0 aromatic carbocycles. The Bertz CT molecular complexity index is 623. The van der Waals surface area contributed by atoms with Gasteiger partial charge in [-0.3, -0.25) is 9.69 Å². The Kier molecular flexibility index (Phi) is 4.20. The van der Waals surface area contributed by atoms with E-state index in [4.69, 9.17) is 5.11 Å². The summed E-state index contributed by atoms with van der Waals surface area (Å²) in [7, 11) is 0. The summed E-state index contributed by atoms with van der Waals surface area (Å²) in [6.45, 7) is 2.91. The van der Waals surface area contributed by atoms with Crippen LogP contribution in [0.1, 0.15) is 31.4 Å². The maximum Gasteiger partial charge on any atom is 0.303 e. The Labute approximate surface area is 124 Å². The summed E-state index contributed by atoms with van der Waals surface area (Å²) in [5, 5.41) is 9.93. The fourth-order valence-corrected chi connectivity index (χ4v) is 3.15. The molecule has 0 unspecified atom stereocenters. The van der Waals surface area contributed by atoms with Gasteiger partial charge in [0.05, 0.1) is 5.69 Å². The molecule has 5 heteroatoms. The van der Waals surface area contributed by atoms with Gasteiger partial charge in [0.25, 0.3) is 0 Å². The van der Waals surface area contributed by atoms with E-state index in [0.717, 1.165) is 55.6 Å². The maximum atomic E-state index is 10.7. The number of carboxylic acid groups (broad SMARTS) is 1. The second kappa shape index (κ2) is 6.26. The molecule has 3 heterocycles. The number of aromatic nitrogens is 2. The van der Waals surface area contributed by atoms with Crippen LogP contribution < -0.4 is 0 Å². The van der Waals surface area contributed by atoms with E-state index in [2.05, 4.69) is 27.0 Å². The third-order valence-corrected chi connectivity index (χ3v) is 4.22. The van der Waals surface area contributed by atoms with Crippen LogP contribution in [0.2, 0.25) is 0 Å². The highest BCUT2D eigenvalue weighted by Crippen LogP contribution is 2.22. The summed E-state index contributed by atoms with van der Waals surface area (Å²) in [5.41, 5.74) is 2.01. The van der Waals surface area contributed by atoms with Crippen molar-refractivity contribution in [2.45, 2.75) is 32.2 Å². The lowest BCUT2D eigenvalue weighted by molar-refractivity contribution is -0.137. The molecule has 5 nitrogen and oxygen atoms in total. The lowest BCUT2D eigenvalue weighted by Gasteiger charge is -2.32. The van der Waals surface area contributed by atoms with Crippen molar-refractivity contribution < 1.29 is 9.90 Å². The number of pyridine rings is 1. The minimum atomic E-state index is -0.689. The van der Waals surface area contributed by atoms with E-state index in [-0.39, 0.29) is 6.42 Å². The molecule has 1 saturated heterocycles. The van der Waals surface area contributed by atoms with Crippen molar-refractivity contribution in [1.82, 2.24) is 14.9 Å². The Morgan fingerprint density at radius 2 is 2.33 bits per heavy atom. The molecule has 1 fully saturated rings. The first-order chi connectivity index (χ1) is 10.2. The number of aromatic amines is 1. The zero-order chi connectivity index (χ0) is 14.7. The van der Waals surface area contributed by atoms with Crippen molar-refractivity contribution in [2.75, 3.05) is 13.1 Å². The first-order valence-electron chi connectivity index (χ1n) is 7.58. The van der Waals surface area contributed by atoms with Gasteiger partial charge in [-0.05, 0) is 49.9 Å². The molecule has 0 saturated carbocycles. The van der Waals surface area contributed by atoms with Crippen LogP contribution in [0.25, 0.3) is 11.0 Å². The highest BCUT2D eigenvalue weighted by atomic mass is 16.4. The van der Waals surface area contributed by atoms with E-state index in [1.807, 2.05) is 12.3 Å². The quantitative estimate of drug-likeness (QED) is 0.887. The van der Waals surface area contributed by atoms with Crippen LogP contribution >= 0.6 is 0 Å². The summed E-state index contributed by atoms with van der Waals surface area (Å²) in [6, 6.07) is 6.20. The van der Waals surface area contributed by atoms with Crippen LogP contribution in [0.15, 0.2) is 24.4 Å². The average Bonchev–Trinajstić information content (AvgIpc) is 2.93. The van der Waals surface area contributed by atoms with Gasteiger partial charge in [0.2, 0.25) is 0 Å². The van der Waals surface area contributed by atoms with Gasteiger partial charge in [0, 0.05) is 31.1 Å². The van der Waals surface area contributed by atoms with Crippen molar-refractivity contribution in [1.29, 1.82) is 0 Å². The predicted molar refractivity (Wildman–Crippen MR) is 81.0 cm³/mol. The molecule has 2 N–H and O–H groups in total. The number of fused-ring (bicyclic) bond motifs is 1. The van der Waals surface area contributed by atoms with Crippen molar-refractivity contribution in [3.63, 3.8) is 0 Å². The van der Waals surface area contributed by atoms with E-state index in [0.29, 0.717) is 5.92 Å². The third kappa shape index (κ3) is 3.61. The molecule has 1 aliphatic rings. The first kappa shape index (κ1) is 14.1. The first-order valence-corrected chi connectivity index (χ1v) is 7.58. The smallest absolute Gasteiger partial charge is 0.303 e. The minimum Gasteiger partial charge on any atom is -0.481 e. The molecule has 0 spiro atoms. The summed E-state index contributed by atoms with van der Waals surface area (Å²) >= 11 is 0. The van der Waals surface area contributed by atoms with E-state index in [1.54, 1.807) is 0 Å². The molecule has 2 aromatic rings. The molecule has 21 heavy (non-hydrogen) atoms. The molecule has 0 radical (unpaired) electrons. The number of H-pyrrole nitrogens is 1. The SMILES string of the molecule is O=C(O)CC[C@@H]1CCCN(Cc2ccc3cc[nH]c3n2)C1. The van der Waals surface area contributed by atoms with Crippen molar-refractivity contribution >= 4 is 17.0 Å². The highest BCUT2D eigenvalue weighted by molar-refractivity contribution is 5.75. The molecule has 1 aliphatic heterocycles. The molecular weight excluding hydrogens is 266 g/mol. The third-order valence-electron chi connectivity index (χ3n) is 4.22. The highest BCUT2D eigenvalue weighted by Gasteiger charge is 2.20. The molecule has 1 atom stereocenters. The number of likely N-dealkylation sites (tertiary alicyclic amines) is 1. The predicted octanol–water partition coefficient (Wildman–Crippen LogP) is 2.64. The number of hydrogen-bond acceptors (Lipinski definition) is 3. The van der Waals surface area contributed by atoms with Crippen molar-refractivity contribution in [3.05, 3.63) is 30.1 Å². The number of carbonyl (C=O) groups is 1. The molecule has 112 valence electrons. The monoisotopic (exact) mass is 287 g/mol. The maximum absolute atomic E-state index is 10.7. The summed E-state index contributed by atoms with van der Waals surface area (Å²) in [6.07, 6.45) is 5.27. The minimum absolute atomic E-state index is 0.283. The lowest BCUT2D eigenvalue weighted by atomic mass is 9.93. The normalized spacial score (nSPS) is 19.9. The van der Waals surface area contributed by atoms with E-state index >= 15 is 0 Å². The zero-order valence-corrected chi connectivity index (χ0v) is 12.1. The number of rotatable bonds is 5. The largest absolute Gasteiger partial charge is 0.481 e. The molecule has 2 aromatic heterocycles. The van der Waals surface area contributed by atoms with E-state index < -0.39 is 5.97 Å². The molecular formula is C16H21N3O2. The Morgan fingerprint density at radius 1 is 1.43 bits per heavy atom. The summed E-state index contributed by atoms with van der Waals surface area (Å²) in [5.74, 6) is -0.185. The van der Waals surface area contributed by atoms with Gasteiger partial charge in [-0.1, -0.05) is 0 Å². The zero-order valence-electron chi connectivity index (χ0n) is 12.1. The molecule has 0 bridgehead atoms. The Balaban J connectivity index is 1.59. The number of carboxylic acids is 1. The average molecular weight is 287 g/mol. The molecule has 0 amide bonds. The molecule has 3 rings (SSSR count). The van der Waals surface area contributed by atoms with Gasteiger partial charge in [-0.25, -0.2) is 4.98 Å². The fraction of sp³-hybridized carbons (Fsp3) is 0.500. The number of nitrogens with zero attached hydrogens (tertiary/aromatic N) is 2. The summed E-state index contributed by atoms with van der Waals surface area (Å²) < 4.78 is 0. The summed E-state index contributed by atoms with van der Waals surface area (Å²) in [4.78, 5) is 20.9. The van der Waals surface area contributed by atoms with E-state index in [1.165, 1.54) is 0 Å². The van der Waals surface area contributed by atoms with Gasteiger partial charge in [0.15, 0.2) is 0 Å². The van der Waals surface area contributed by atoms with Crippen LogP contribution in [0.3, 0.4) is 0 Å². The number of aliphatic carboxylic acids is 1. The van der Waals surface area contributed by atoms with Gasteiger partial charge in [-0.2, -0.15) is 0 Å². The molecule has 0 aliphatic carbocycles. The Hall–Kier alpha value is -1.88. The van der Waals surface area contributed by atoms with Crippen LogP contribution in [0, 0.1) is 5.92 Å². The van der Waals surface area contributed by atoms with Crippen LogP contribution in [-0.4, -0.2) is 39.0 Å². The topological polar surface area (TPSA) is 69.2 Å². The lowest BCUT2D eigenvalue weighted by Crippen LogP contribution is -2.35. The number of hydrogen-bond donors (Lipinski definition) is 2. The second-order valence-corrected chi connectivity index (χ2v) is 5.89. The van der Waals surface area contributed by atoms with E-state index in [9.17, 15) is 4.79 Å². The van der Waals surface area contributed by atoms with Gasteiger partial charge >= 0.3 is 5.97 Å². The Morgan fingerprint density at radius 3 is 3.19 bits per heavy atom. The second-order valence-electron chi connectivity index (χ2n) is 5.89. The van der Waals surface area contributed by atoms with Crippen LogP contribution in [-0.2, 0) is 11.3 Å².